The zero-order chi connectivity index (χ0) is 17.6. The highest BCUT2D eigenvalue weighted by Gasteiger charge is 2.14. The third-order valence-corrected chi connectivity index (χ3v) is 4.07. The largest absolute Gasteiger partial charge is 0.492 e. The molecule has 0 bridgehead atoms. The van der Waals surface area contributed by atoms with Crippen LogP contribution in [0.1, 0.15) is 24.6 Å². The van der Waals surface area contributed by atoms with E-state index in [0.717, 1.165) is 30.5 Å². The second-order valence-corrected chi connectivity index (χ2v) is 5.84. The molecule has 25 heavy (non-hydrogen) atoms. The summed E-state index contributed by atoms with van der Waals surface area (Å²) in [6, 6.07) is 8.56. The van der Waals surface area contributed by atoms with Crippen LogP contribution in [0.3, 0.4) is 0 Å². The Hall–Kier alpha value is -2.83. The van der Waals surface area contributed by atoms with Gasteiger partial charge in [0.25, 0.3) is 5.56 Å². The molecule has 3 rings (SSSR count). The number of amides is 2. The summed E-state index contributed by atoms with van der Waals surface area (Å²) in [4.78, 5) is 24.1. The summed E-state index contributed by atoms with van der Waals surface area (Å²) < 4.78 is 6.89. The van der Waals surface area contributed by atoms with Crippen LogP contribution in [0.4, 0.5) is 10.5 Å². The number of para-hydroxylation sites is 2. The van der Waals surface area contributed by atoms with Crippen molar-refractivity contribution in [3.8, 4) is 5.75 Å². The van der Waals surface area contributed by atoms with Crippen LogP contribution in [0.5, 0.6) is 5.75 Å². The molecule has 1 aromatic carbocycles. The van der Waals surface area contributed by atoms with Crippen molar-refractivity contribution in [3.63, 3.8) is 0 Å². The van der Waals surface area contributed by atoms with Crippen LogP contribution < -0.4 is 20.9 Å². The van der Waals surface area contributed by atoms with Crippen LogP contribution in [0.25, 0.3) is 0 Å². The Morgan fingerprint density at radius 1 is 1.32 bits per heavy atom. The lowest BCUT2D eigenvalue weighted by Gasteiger charge is -2.12. The number of fused-ring (bicyclic) bond motifs is 1. The van der Waals surface area contributed by atoms with E-state index in [9.17, 15) is 9.59 Å². The fourth-order valence-electron chi connectivity index (χ4n) is 2.89. The third kappa shape index (κ3) is 4.17. The van der Waals surface area contributed by atoms with Crippen molar-refractivity contribution < 1.29 is 9.53 Å². The molecule has 1 aromatic heterocycles. The fourth-order valence-corrected chi connectivity index (χ4v) is 2.89. The molecule has 0 saturated carbocycles. The first-order chi connectivity index (χ1) is 12.2. The van der Waals surface area contributed by atoms with Crippen molar-refractivity contribution >= 4 is 11.7 Å². The number of anilines is 1. The van der Waals surface area contributed by atoms with Crippen LogP contribution in [-0.2, 0) is 19.4 Å². The van der Waals surface area contributed by atoms with Gasteiger partial charge in [-0.1, -0.05) is 12.1 Å². The van der Waals surface area contributed by atoms with Gasteiger partial charge in [0.15, 0.2) is 0 Å². The maximum atomic E-state index is 12.0. The highest BCUT2D eigenvalue weighted by atomic mass is 16.5. The van der Waals surface area contributed by atoms with Crippen molar-refractivity contribution in [2.45, 2.75) is 32.7 Å². The van der Waals surface area contributed by atoms with Gasteiger partial charge in [0.1, 0.15) is 5.75 Å². The van der Waals surface area contributed by atoms with Gasteiger partial charge >= 0.3 is 6.03 Å². The van der Waals surface area contributed by atoms with E-state index in [-0.39, 0.29) is 11.6 Å². The van der Waals surface area contributed by atoms with Crippen molar-refractivity contribution in [3.05, 3.63) is 51.9 Å². The number of benzene rings is 1. The van der Waals surface area contributed by atoms with Gasteiger partial charge in [-0.2, -0.15) is 5.10 Å². The molecule has 0 unspecified atom stereocenters. The fraction of sp³-hybridized carbons (Fsp3) is 0.389. The number of urea groups is 1. The molecule has 7 nitrogen and oxygen atoms in total. The molecule has 1 heterocycles. The van der Waals surface area contributed by atoms with Crippen molar-refractivity contribution in [1.82, 2.24) is 15.1 Å². The molecule has 2 amide bonds. The summed E-state index contributed by atoms with van der Waals surface area (Å²) in [6.45, 7) is 3.06. The van der Waals surface area contributed by atoms with Gasteiger partial charge < -0.3 is 15.4 Å². The topological polar surface area (TPSA) is 85.2 Å². The number of carbonyl (C=O) groups is 1. The number of hydrogen-bond donors (Lipinski definition) is 2. The Balaban J connectivity index is 1.54. The maximum Gasteiger partial charge on any atom is 0.319 e. The lowest BCUT2D eigenvalue weighted by Crippen LogP contribution is -2.34. The standard InChI is InChI=1S/C18H22N4O3/c1-2-25-16-9-4-3-7-15(16)20-18(24)19-10-11-22-17(23)12-13-6-5-8-14(13)21-22/h3-4,7,9,12H,2,5-6,8,10-11H2,1H3,(H2,19,20,24). The lowest BCUT2D eigenvalue weighted by molar-refractivity contribution is 0.251. The van der Waals surface area contributed by atoms with Crippen LogP contribution >= 0.6 is 0 Å². The number of aromatic nitrogens is 2. The van der Waals surface area contributed by atoms with Gasteiger partial charge in [-0.15, -0.1) is 0 Å². The summed E-state index contributed by atoms with van der Waals surface area (Å²) in [7, 11) is 0. The van der Waals surface area contributed by atoms with Crippen molar-refractivity contribution in [1.29, 1.82) is 0 Å². The molecule has 0 radical (unpaired) electrons. The average molecular weight is 342 g/mol. The molecule has 0 spiro atoms. The SMILES string of the molecule is CCOc1ccccc1NC(=O)NCCn1nc2c(cc1=O)CCC2. The smallest absolute Gasteiger partial charge is 0.319 e. The number of hydrogen-bond acceptors (Lipinski definition) is 4. The monoisotopic (exact) mass is 342 g/mol. The Labute approximate surface area is 146 Å². The quantitative estimate of drug-likeness (QED) is 0.840. The minimum absolute atomic E-state index is 0.121. The lowest BCUT2D eigenvalue weighted by atomic mass is 10.2. The normalized spacial score (nSPS) is 12.5. The molecule has 132 valence electrons. The first-order valence-corrected chi connectivity index (χ1v) is 8.54. The molecule has 0 aliphatic heterocycles. The minimum Gasteiger partial charge on any atom is -0.492 e. The van der Waals surface area contributed by atoms with E-state index in [1.807, 2.05) is 19.1 Å². The molecule has 7 heteroatoms. The summed E-state index contributed by atoms with van der Waals surface area (Å²) >= 11 is 0. The van der Waals surface area contributed by atoms with Crippen LogP contribution in [0.15, 0.2) is 35.1 Å². The highest BCUT2D eigenvalue weighted by Crippen LogP contribution is 2.23. The van der Waals surface area contributed by atoms with Crippen LogP contribution in [0, 0.1) is 0 Å². The number of nitrogens with one attached hydrogen (secondary N) is 2. The van der Waals surface area contributed by atoms with E-state index < -0.39 is 0 Å². The molecular formula is C18H22N4O3. The van der Waals surface area contributed by atoms with Gasteiger partial charge in [-0.05, 0) is 43.9 Å². The number of nitrogens with zero attached hydrogens (tertiary/aromatic N) is 2. The zero-order valence-corrected chi connectivity index (χ0v) is 14.2. The molecule has 2 aromatic rings. The Kier molecular flexibility index (Phi) is 5.33. The van der Waals surface area contributed by atoms with E-state index in [1.165, 1.54) is 4.68 Å². The molecule has 1 aliphatic rings. The Morgan fingerprint density at radius 2 is 2.16 bits per heavy atom. The van der Waals surface area contributed by atoms with Crippen molar-refractivity contribution in [2.75, 3.05) is 18.5 Å². The molecule has 1 aliphatic carbocycles. The first kappa shape index (κ1) is 17.0. The maximum absolute atomic E-state index is 12.0. The second-order valence-electron chi connectivity index (χ2n) is 5.84. The summed E-state index contributed by atoms with van der Waals surface area (Å²) in [5.41, 5.74) is 2.54. The molecule has 0 fully saturated rings. The minimum atomic E-state index is -0.346. The van der Waals surface area contributed by atoms with E-state index in [1.54, 1.807) is 18.2 Å². The van der Waals surface area contributed by atoms with E-state index in [0.29, 0.717) is 31.1 Å². The van der Waals surface area contributed by atoms with Crippen molar-refractivity contribution in [2.24, 2.45) is 0 Å². The summed E-state index contributed by atoms with van der Waals surface area (Å²) in [5.74, 6) is 0.622. The molecular weight excluding hydrogens is 320 g/mol. The van der Waals surface area contributed by atoms with Crippen LogP contribution in [-0.4, -0.2) is 29.0 Å². The number of carbonyl (C=O) groups excluding carboxylic acids is 1. The van der Waals surface area contributed by atoms with E-state index in [4.69, 9.17) is 4.74 Å². The highest BCUT2D eigenvalue weighted by molar-refractivity contribution is 5.90. The van der Waals surface area contributed by atoms with Gasteiger partial charge in [0.05, 0.1) is 24.5 Å². The predicted octanol–water partition coefficient (Wildman–Crippen LogP) is 1.95. The molecule has 0 saturated heterocycles. The average Bonchev–Trinajstić information content (AvgIpc) is 3.04. The third-order valence-electron chi connectivity index (χ3n) is 4.07. The molecule has 0 atom stereocenters. The Bertz CT molecular complexity index is 816. The zero-order valence-electron chi connectivity index (χ0n) is 14.2. The first-order valence-electron chi connectivity index (χ1n) is 8.54. The number of rotatable bonds is 6. The number of aryl methyl sites for hydroxylation is 2. The van der Waals surface area contributed by atoms with Gasteiger partial charge in [-0.3, -0.25) is 4.79 Å². The second kappa shape index (κ2) is 7.83. The number of ether oxygens (including phenoxy) is 1. The van der Waals surface area contributed by atoms with Gasteiger partial charge in [-0.25, -0.2) is 9.48 Å². The van der Waals surface area contributed by atoms with Crippen LogP contribution in [0.2, 0.25) is 0 Å². The summed E-state index contributed by atoms with van der Waals surface area (Å²) in [5, 5.41) is 9.88. The van der Waals surface area contributed by atoms with Gasteiger partial charge in [0, 0.05) is 12.6 Å². The Morgan fingerprint density at radius 3 is 3.00 bits per heavy atom. The van der Waals surface area contributed by atoms with E-state index in [2.05, 4.69) is 15.7 Å². The predicted molar refractivity (Wildman–Crippen MR) is 95.2 cm³/mol. The summed E-state index contributed by atoms with van der Waals surface area (Å²) in [6.07, 6.45) is 2.89. The van der Waals surface area contributed by atoms with E-state index >= 15 is 0 Å². The van der Waals surface area contributed by atoms with Gasteiger partial charge in [0.2, 0.25) is 0 Å². The molecule has 2 N–H and O–H groups in total.